The monoisotopic (exact) mass is 403 g/mol. The molecule has 4 rings (SSSR count). The summed E-state index contributed by atoms with van der Waals surface area (Å²) in [5.41, 5.74) is 2.94. The summed E-state index contributed by atoms with van der Waals surface area (Å²) in [5.74, 6) is -0.282. The molecule has 1 fully saturated rings. The van der Waals surface area contributed by atoms with Crippen LogP contribution in [0.5, 0.6) is 0 Å². The first-order chi connectivity index (χ1) is 14.5. The van der Waals surface area contributed by atoms with Gasteiger partial charge in [0.15, 0.2) is 6.10 Å². The van der Waals surface area contributed by atoms with E-state index in [1.54, 1.807) is 13.0 Å². The Morgan fingerprint density at radius 3 is 2.60 bits per heavy atom. The lowest BCUT2D eigenvalue weighted by Crippen LogP contribution is -2.31. The number of anilines is 2. The van der Waals surface area contributed by atoms with E-state index in [4.69, 9.17) is 9.72 Å². The van der Waals surface area contributed by atoms with Crippen molar-refractivity contribution in [3.05, 3.63) is 65.7 Å². The Kier molecular flexibility index (Phi) is 5.65. The molecule has 1 saturated heterocycles. The van der Waals surface area contributed by atoms with Gasteiger partial charge in [0.05, 0.1) is 5.52 Å². The number of amides is 1. The van der Waals surface area contributed by atoms with E-state index < -0.39 is 12.1 Å². The van der Waals surface area contributed by atoms with Crippen LogP contribution in [0, 0.1) is 6.92 Å². The van der Waals surface area contributed by atoms with Crippen molar-refractivity contribution in [2.24, 2.45) is 0 Å². The molecular weight excluding hydrogens is 378 g/mol. The Morgan fingerprint density at radius 2 is 1.83 bits per heavy atom. The summed E-state index contributed by atoms with van der Waals surface area (Å²) in [7, 11) is 0. The number of esters is 1. The van der Waals surface area contributed by atoms with Gasteiger partial charge in [-0.2, -0.15) is 0 Å². The molecule has 6 nitrogen and oxygen atoms in total. The number of carbonyl (C=O) groups excluding carboxylic acids is 2. The van der Waals surface area contributed by atoms with Gasteiger partial charge in [-0.1, -0.05) is 30.3 Å². The van der Waals surface area contributed by atoms with E-state index in [2.05, 4.69) is 10.2 Å². The molecule has 6 heteroatoms. The first-order valence-electron chi connectivity index (χ1n) is 10.2. The number of rotatable bonds is 5. The summed E-state index contributed by atoms with van der Waals surface area (Å²) >= 11 is 0. The van der Waals surface area contributed by atoms with Gasteiger partial charge in [0.25, 0.3) is 5.91 Å². The van der Waals surface area contributed by atoms with Crippen LogP contribution in [-0.2, 0) is 9.53 Å². The molecule has 0 bridgehead atoms. The van der Waals surface area contributed by atoms with Gasteiger partial charge in [-0.25, -0.2) is 9.78 Å². The zero-order valence-corrected chi connectivity index (χ0v) is 17.2. The molecule has 2 aromatic carbocycles. The fourth-order valence-corrected chi connectivity index (χ4v) is 3.67. The van der Waals surface area contributed by atoms with Crippen LogP contribution in [-0.4, -0.2) is 36.1 Å². The van der Waals surface area contributed by atoms with Crippen LogP contribution in [0.15, 0.2) is 54.6 Å². The van der Waals surface area contributed by atoms with Crippen molar-refractivity contribution in [1.29, 1.82) is 0 Å². The van der Waals surface area contributed by atoms with E-state index in [1.807, 2.05) is 55.5 Å². The summed E-state index contributed by atoms with van der Waals surface area (Å²) in [5, 5.41) is 3.66. The van der Waals surface area contributed by atoms with Crippen molar-refractivity contribution in [2.75, 3.05) is 23.3 Å². The number of carbonyl (C=O) groups is 2. The fourth-order valence-electron chi connectivity index (χ4n) is 3.67. The molecule has 0 saturated carbocycles. The number of aromatic nitrogens is 1. The van der Waals surface area contributed by atoms with Gasteiger partial charge >= 0.3 is 5.97 Å². The fraction of sp³-hybridized carbons (Fsp3) is 0.292. The number of aryl methyl sites for hydroxylation is 1. The molecule has 1 atom stereocenters. The normalized spacial score (nSPS) is 14.5. The Labute approximate surface area is 175 Å². The van der Waals surface area contributed by atoms with E-state index >= 15 is 0 Å². The maximum absolute atomic E-state index is 13.0. The highest BCUT2D eigenvalue weighted by Crippen LogP contribution is 2.27. The van der Waals surface area contributed by atoms with Crippen molar-refractivity contribution in [1.82, 2.24) is 4.98 Å². The number of fused-ring (bicyclic) bond motifs is 1. The number of pyridine rings is 1. The Bertz CT molecular complexity index is 1090. The van der Waals surface area contributed by atoms with Gasteiger partial charge in [-0.05, 0) is 56.5 Å². The molecule has 0 spiro atoms. The number of para-hydroxylation sites is 1. The third-order valence-corrected chi connectivity index (χ3v) is 5.27. The Morgan fingerprint density at radius 1 is 1.07 bits per heavy atom. The van der Waals surface area contributed by atoms with Crippen LogP contribution in [0.25, 0.3) is 10.9 Å². The highest BCUT2D eigenvalue weighted by Gasteiger charge is 2.26. The molecule has 1 aliphatic heterocycles. The van der Waals surface area contributed by atoms with Crippen LogP contribution in [0.4, 0.5) is 11.5 Å². The second-order valence-electron chi connectivity index (χ2n) is 7.65. The molecule has 0 radical (unpaired) electrons. The van der Waals surface area contributed by atoms with Crippen LogP contribution in [0.3, 0.4) is 0 Å². The largest absolute Gasteiger partial charge is 0.449 e. The third kappa shape index (κ3) is 4.27. The summed E-state index contributed by atoms with van der Waals surface area (Å²) < 4.78 is 5.53. The quantitative estimate of drug-likeness (QED) is 0.642. The van der Waals surface area contributed by atoms with Crippen molar-refractivity contribution < 1.29 is 14.3 Å². The predicted octanol–water partition coefficient (Wildman–Crippen LogP) is 4.33. The van der Waals surface area contributed by atoms with Crippen LogP contribution in [0.1, 0.15) is 35.7 Å². The molecule has 1 unspecified atom stereocenters. The molecular formula is C24H25N3O3. The third-order valence-electron chi connectivity index (χ3n) is 5.27. The molecule has 1 amide bonds. The van der Waals surface area contributed by atoms with Crippen molar-refractivity contribution >= 4 is 34.3 Å². The van der Waals surface area contributed by atoms with E-state index in [-0.39, 0.29) is 5.91 Å². The Hall–Kier alpha value is -3.41. The topological polar surface area (TPSA) is 71.5 Å². The molecule has 154 valence electrons. The van der Waals surface area contributed by atoms with Crippen LogP contribution >= 0.6 is 0 Å². The van der Waals surface area contributed by atoms with Crippen LogP contribution < -0.4 is 10.2 Å². The van der Waals surface area contributed by atoms with Crippen LogP contribution in [0.2, 0.25) is 0 Å². The second kappa shape index (κ2) is 8.53. The smallest absolute Gasteiger partial charge is 0.342 e. The minimum atomic E-state index is -0.934. The number of nitrogens with one attached hydrogen (secondary N) is 1. The highest BCUT2D eigenvalue weighted by molar-refractivity contribution is 6.01. The van der Waals surface area contributed by atoms with Crippen molar-refractivity contribution in [2.45, 2.75) is 32.8 Å². The zero-order valence-electron chi connectivity index (χ0n) is 17.2. The first-order valence-corrected chi connectivity index (χ1v) is 10.2. The minimum absolute atomic E-state index is 0.370. The van der Waals surface area contributed by atoms with Gasteiger partial charge in [0.2, 0.25) is 0 Å². The van der Waals surface area contributed by atoms with Gasteiger partial charge in [-0.15, -0.1) is 0 Å². The lowest BCUT2D eigenvalue weighted by atomic mass is 10.1. The first kappa shape index (κ1) is 19.9. The number of nitrogens with zero attached hydrogens (tertiary/aromatic N) is 2. The predicted molar refractivity (Wildman–Crippen MR) is 118 cm³/mol. The summed E-state index contributed by atoms with van der Waals surface area (Å²) in [6, 6.07) is 17.0. The number of benzene rings is 2. The van der Waals surface area contributed by atoms with E-state index in [0.717, 1.165) is 42.4 Å². The average molecular weight is 403 g/mol. The van der Waals surface area contributed by atoms with Gasteiger partial charge in [0.1, 0.15) is 11.4 Å². The molecule has 1 aromatic heterocycles. The molecule has 2 heterocycles. The highest BCUT2D eigenvalue weighted by atomic mass is 16.5. The minimum Gasteiger partial charge on any atom is -0.449 e. The number of ether oxygens (including phenoxy) is 1. The standard InChI is InChI=1S/C24H25N3O3/c1-16-8-7-10-19(14-16)25-23(28)17(2)30-24(29)20-15-18-9-3-4-11-21(18)26-22(20)27-12-5-6-13-27/h3-4,7-11,14-15,17H,5-6,12-13H2,1-2H3,(H,25,28). The maximum Gasteiger partial charge on any atom is 0.342 e. The summed E-state index contributed by atoms with van der Waals surface area (Å²) in [6.07, 6.45) is 1.20. The summed E-state index contributed by atoms with van der Waals surface area (Å²) in [4.78, 5) is 32.4. The van der Waals surface area contributed by atoms with Gasteiger partial charge < -0.3 is 15.0 Å². The van der Waals surface area contributed by atoms with Crippen molar-refractivity contribution in [3.63, 3.8) is 0 Å². The maximum atomic E-state index is 13.0. The summed E-state index contributed by atoms with van der Waals surface area (Å²) in [6.45, 7) is 5.24. The van der Waals surface area contributed by atoms with Gasteiger partial charge in [-0.3, -0.25) is 4.79 Å². The average Bonchev–Trinajstić information content (AvgIpc) is 3.27. The molecule has 3 aromatic rings. The Balaban J connectivity index is 1.55. The molecule has 0 aliphatic carbocycles. The van der Waals surface area contributed by atoms with E-state index in [0.29, 0.717) is 17.1 Å². The molecule has 1 aliphatic rings. The van der Waals surface area contributed by atoms with E-state index in [9.17, 15) is 9.59 Å². The van der Waals surface area contributed by atoms with E-state index in [1.165, 1.54) is 0 Å². The SMILES string of the molecule is Cc1cccc(NC(=O)C(C)OC(=O)c2cc3ccccc3nc2N2CCCC2)c1. The number of hydrogen-bond donors (Lipinski definition) is 1. The van der Waals surface area contributed by atoms with Crippen molar-refractivity contribution in [3.8, 4) is 0 Å². The zero-order chi connectivity index (χ0) is 21.1. The molecule has 30 heavy (non-hydrogen) atoms. The number of hydrogen-bond acceptors (Lipinski definition) is 5. The lowest BCUT2D eigenvalue weighted by molar-refractivity contribution is -0.123. The second-order valence-corrected chi connectivity index (χ2v) is 7.65. The van der Waals surface area contributed by atoms with Gasteiger partial charge in [0, 0.05) is 24.2 Å². The molecule has 1 N–H and O–H groups in total. The lowest BCUT2D eigenvalue weighted by Gasteiger charge is -2.21.